The van der Waals surface area contributed by atoms with Crippen molar-refractivity contribution in [2.45, 2.75) is 6.04 Å². The van der Waals surface area contributed by atoms with Crippen LogP contribution in [0.3, 0.4) is 0 Å². The third kappa shape index (κ3) is 2.43. The van der Waals surface area contributed by atoms with Crippen molar-refractivity contribution in [3.8, 4) is 0 Å². The van der Waals surface area contributed by atoms with Crippen molar-refractivity contribution in [2.24, 2.45) is 5.84 Å². The Morgan fingerprint density at radius 3 is 2.41 bits per heavy atom. The minimum absolute atomic E-state index is 0.390. The fourth-order valence-electron chi connectivity index (χ4n) is 1.47. The van der Waals surface area contributed by atoms with E-state index in [1.165, 1.54) is 6.07 Å². The van der Waals surface area contributed by atoms with Crippen LogP contribution in [0.2, 0.25) is 0 Å². The van der Waals surface area contributed by atoms with Crippen LogP contribution in [0.1, 0.15) is 17.4 Å². The van der Waals surface area contributed by atoms with Gasteiger partial charge in [-0.05, 0) is 23.8 Å². The Bertz CT molecular complexity index is 504. The second-order valence-electron chi connectivity index (χ2n) is 3.38. The lowest BCUT2D eigenvalue weighted by molar-refractivity contribution is 0.502. The van der Waals surface area contributed by atoms with Crippen LogP contribution < -0.4 is 11.3 Å². The average Bonchev–Trinajstić information content (AvgIpc) is 2.36. The first-order chi connectivity index (χ1) is 8.22. The van der Waals surface area contributed by atoms with Crippen molar-refractivity contribution in [2.75, 3.05) is 0 Å². The zero-order valence-electron chi connectivity index (χ0n) is 8.77. The highest BCUT2D eigenvalue weighted by Gasteiger charge is 2.16. The first kappa shape index (κ1) is 11.6. The van der Waals surface area contributed by atoms with E-state index in [1.807, 2.05) is 0 Å². The van der Waals surface area contributed by atoms with Gasteiger partial charge in [0.05, 0.1) is 0 Å². The van der Waals surface area contributed by atoms with Gasteiger partial charge in [0.15, 0.2) is 17.5 Å². The normalized spacial score (nSPS) is 12.4. The van der Waals surface area contributed by atoms with Crippen LogP contribution in [0.25, 0.3) is 0 Å². The lowest BCUT2D eigenvalue weighted by Crippen LogP contribution is -2.30. The molecule has 1 aromatic carbocycles. The summed E-state index contributed by atoms with van der Waals surface area (Å²) in [7, 11) is 0. The Hall–Kier alpha value is -1.92. The van der Waals surface area contributed by atoms with Gasteiger partial charge >= 0.3 is 0 Å². The van der Waals surface area contributed by atoms with E-state index in [9.17, 15) is 8.78 Å². The van der Waals surface area contributed by atoms with E-state index in [1.54, 1.807) is 18.5 Å². The molecule has 0 saturated heterocycles. The summed E-state index contributed by atoms with van der Waals surface area (Å²) in [6, 6.07) is 4.61. The Kier molecular flexibility index (Phi) is 3.36. The van der Waals surface area contributed by atoms with E-state index in [0.717, 1.165) is 12.1 Å². The molecule has 2 aromatic rings. The van der Waals surface area contributed by atoms with Gasteiger partial charge in [-0.2, -0.15) is 0 Å². The van der Waals surface area contributed by atoms with E-state index in [0.29, 0.717) is 11.4 Å². The third-order valence-corrected chi connectivity index (χ3v) is 2.29. The highest BCUT2D eigenvalue weighted by Crippen LogP contribution is 2.19. The first-order valence-electron chi connectivity index (χ1n) is 4.90. The highest BCUT2D eigenvalue weighted by molar-refractivity contribution is 5.25. The van der Waals surface area contributed by atoms with E-state index in [4.69, 9.17) is 5.84 Å². The van der Waals surface area contributed by atoms with Gasteiger partial charge in [-0.3, -0.25) is 5.84 Å². The fraction of sp³-hybridized carbons (Fsp3) is 0.0909. The van der Waals surface area contributed by atoms with Crippen molar-refractivity contribution in [3.05, 3.63) is 59.7 Å². The molecule has 0 aliphatic carbocycles. The average molecular weight is 236 g/mol. The summed E-state index contributed by atoms with van der Waals surface area (Å²) in [4.78, 5) is 8.02. The summed E-state index contributed by atoms with van der Waals surface area (Å²) in [5, 5.41) is 0. The number of nitrogens with one attached hydrogen (secondary N) is 1. The van der Waals surface area contributed by atoms with Crippen molar-refractivity contribution in [1.82, 2.24) is 15.4 Å². The van der Waals surface area contributed by atoms with Crippen LogP contribution >= 0.6 is 0 Å². The van der Waals surface area contributed by atoms with E-state index in [2.05, 4.69) is 15.4 Å². The van der Waals surface area contributed by atoms with E-state index in [-0.39, 0.29) is 0 Å². The van der Waals surface area contributed by atoms with Crippen LogP contribution in [0.15, 0.2) is 36.7 Å². The Balaban J connectivity index is 2.39. The largest absolute Gasteiger partial charge is 0.270 e. The van der Waals surface area contributed by atoms with Gasteiger partial charge < -0.3 is 0 Å². The maximum absolute atomic E-state index is 13.1. The smallest absolute Gasteiger partial charge is 0.159 e. The Labute approximate surface area is 96.5 Å². The second kappa shape index (κ2) is 4.94. The third-order valence-electron chi connectivity index (χ3n) is 2.29. The molecule has 2 rings (SSSR count). The molecule has 0 bridgehead atoms. The SMILES string of the molecule is NNC(c1ccc(F)c(F)c1)c1ncccn1. The van der Waals surface area contributed by atoms with Crippen LogP contribution in [-0.4, -0.2) is 9.97 Å². The van der Waals surface area contributed by atoms with Crippen molar-refractivity contribution in [3.63, 3.8) is 0 Å². The summed E-state index contributed by atoms with van der Waals surface area (Å²) >= 11 is 0. The van der Waals surface area contributed by atoms with Crippen LogP contribution in [0, 0.1) is 11.6 Å². The van der Waals surface area contributed by atoms with Crippen molar-refractivity contribution < 1.29 is 8.78 Å². The number of hydrazine groups is 1. The standard InChI is InChI=1S/C11H10F2N4/c12-8-3-2-7(6-9(8)13)10(17-14)11-15-4-1-5-16-11/h1-6,10,17H,14H2. The molecule has 3 N–H and O–H groups in total. The second-order valence-corrected chi connectivity index (χ2v) is 3.38. The zero-order chi connectivity index (χ0) is 12.3. The van der Waals surface area contributed by atoms with Gasteiger partial charge in [-0.15, -0.1) is 0 Å². The van der Waals surface area contributed by atoms with Crippen molar-refractivity contribution in [1.29, 1.82) is 0 Å². The Morgan fingerprint density at radius 2 is 1.82 bits per heavy atom. The first-order valence-corrected chi connectivity index (χ1v) is 4.90. The molecule has 0 amide bonds. The summed E-state index contributed by atoms with van der Waals surface area (Å²) in [6.07, 6.45) is 3.10. The molecule has 1 unspecified atom stereocenters. The van der Waals surface area contributed by atoms with E-state index >= 15 is 0 Å². The fourth-order valence-corrected chi connectivity index (χ4v) is 1.47. The molecule has 88 valence electrons. The molecule has 0 spiro atoms. The number of hydrogen-bond donors (Lipinski definition) is 2. The molecular weight excluding hydrogens is 226 g/mol. The summed E-state index contributed by atoms with van der Waals surface area (Å²) in [5.74, 6) is 3.93. The molecule has 4 nitrogen and oxygen atoms in total. The number of aromatic nitrogens is 2. The maximum Gasteiger partial charge on any atom is 0.159 e. The molecule has 0 aliphatic heterocycles. The number of benzene rings is 1. The number of nitrogens with two attached hydrogens (primary N) is 1. The lowest BCUT2D eigenvalue weighted by atomic mass is 10.1. The number of halogens is 2. The number of rotatable bonds is 3. The maximum atomic E-state index is 13.1. The predicted octanol–water partition coefficient (Wildman–Crippen LogP) is 1.31. The molecule has 0 saturated carbocycles. The Morgan fingerprint density at radius 1 is 1.12 bits per heavy atom. The molecule has 1 heterocycles. The summed E-state index contributed by atoms with van der Waals surface area (Å²) < 4.78 is 25.9. The number of nitrogens with zero attached hydrogens (tertiary/aromatic N) is 2. The van der Waals surface area contributed by atoms with Crippen molar-refractivity contribution >= 4 is 0 Å². The predicted molar refractivity (Wildman–Crippen MR) is 57.6 cm³/mol. The van der Waals surface area contributed by atoms with E-state index < -0.39 is 17.7 Å². The molecule has 17 heavy (non-hydrogen) atoms. The summed E-state index contributed by atoms with van der Waals surface area (Å²) in [5.41, 5.74) is 2.92. The molecule has 1 aromatic heterocycles. The molecular formula is C11H10F2N4. The van der Waals surface area contributed by atoms with Crippen LogP contribution in [-0.2, 0) is 0 Å². The monoisotopic (exact) mass is 236 g/mol. The quantitative estimate of drug-likeness (QED) is 0.623. The summed E-state index contributed by atoms with van der Waals surface area (Å²) in [6.45, 7) is 0. The van der Waals surface area contributed by atoms with Gasteiger partial charge in [0, 0.05) is 12.4 Å². The van der Waals surface area contributed by atoms with Gasteiger partial charge in [0.2, 0.25) is 0 Å². The van der Waals surface area contributed by atoms with Crippen LogP contribution in [0.4, 0.5) is 8.78 Å². The topological polar surface area (TPSA) is 63.8 Å². The molecule has 1 atom stereocenters. The minimum Gasteiger partial charge on any atom is -0.270 e. The van der Waals surface area contributed by atoms with Gasteiger partial charge in [-0.25, -0.2) is 24.2 Å². The molecule has 0 fully saturated rings. The zero-order valence-corrected chi connectivity index (χ0v) is 8.77. The highest BCUT2D eigenvalue weighted by atomic mass is 19.2. The molecule has 6 heteroatoms. The lowest BCUT2D eigenvalue weighted by Gasteiger charge is -2.14. The molecule has 0 radical (unpaired) electrons. The van der Waals surface area contributed by atoms with Crippen LogP contribution in [0.5, 0.6) is 0 Å². The van der Waals surface area contributed by atoms with Gasteiger partial charge in [0.1, 0.15) is 6.04 Å². The van der Waals surface area contributed by atoms with Gasteiger partial charge in [0.25, 0.3) is 0 Å². The minimum atomic E-state index is -0.932. The molecule has 0 aliphatic rings. The van der Waals surface area contributed by atoms with Gasteiger partial charge in [-0.1, -0.05) is 6.07 Å². The number of hydrogen-bond acceptors (Lipinski definition) is 4.